The van der Waals surface area contributed by atoms with E-state index in [0.717, 1.165) is 24.1 Å². The standard InChI is InChI=1S/C20H20N2O4/c1-13(23)22-11-5-6-15-12-16(9-10-18(15)22)21-20(25)17-7-3-4-8-19(17)26-14(2)24/h3-4,7-10,12H,5-6,11H2,1-2H3,(H,21,25). The summed E-state index contributed by atoms with van der Waals surface area (Å²) in [6, 6.07) is 12.1. The van der Waals surface area contributed by atoms with Crippen LogP contribution in [0.5, 0.6) is 5.75 Å². The monoisotopic (exact) mass is 352 g/mol. The molecular weight excluding hydrogens is 332 g/mol. The molecule has 2 aromatic rings. The predicted octanol–water partition coefficient (Wildman–Crippen LogP) is 3.16. The summed E-state index contributed by atoms with van der Waals surface area (Å²) in [6.07, 6.45) is 1.74. The lowest BCUT2D eigenvalue weighted by Crippen LogP contribution is -2.33. The number of fused-ring (bicyclic) bond motifs is 1. The number of esters is 1. The summed E-state index contributed by atoms with van der Waals surface area (Å²) in [5.74, 6) is -0.611. The molecule has 1 heterocycles. The molecule has 0 fully saturated rings. The Bertz CT molecular complexity index is 876. The van der Waals surface area contributed by atoms with Crippen molar-refractivity contribution in [3.05, 3.63) is 53.6 Å². The molecule has 2 amide bonds. The molecule has 0 radical (unpaired) electrons. The minimum Gasteiger partial charge on any atom is -0.426 e. The fourth-order valence-corrected chi connectivity index (χ4v) is 3.10. The zero-order chi connectivity index (χ0) is 18.7. The van der Waals surface area contributed by atoms with E-state index in [1.807, 2.05) is 12.1 Å². The summed E-state index contributed by atoms with van der Waals surface area (Å²) in [6.45, 7) is 3.56. The van der Waals surface area contributed by atoms with E-state index in [9.17, 15) is 14.4 Å². The van der Waals surface area contributed by atoms with Crippen LogP contribution in [0.1, 0.15) is 36.2 Å². The van der Waals surface area contributed by atoms with E-state index in [2.05, 4.69) is 5.32 Å². The van der Waals surface area contributed by atoms with Crippen LogP contribution < -0.4 is 15.0 Å². The SMILES string of the molecule is CC(=O)Oc1ccccc1C(=O)Nc1ccc2c(c1)CCCN2C(C)=O. The molecule has 2 aromatic carbocycles. The lowest BCUT2D eigenvalue weighted by Gasteiger charge is -2.29. The molecule has 26 heavy (non-hydrogen) atoms. The van der Waals surface area contributed by atoms with Crippen molar-refractivity contribution in [3.8, 4) is 5.75 Å². The van der Waals surface area contributed by atoms with Crippen LogP contribution in [0.3, 0.4) is 0 Å². The molecule has 0 saturated carbocycles. The van der Waals surface area contributed by atoms with Gasteiger partial charge in [-0.2, -0.15) is 0 Å². The molecule has 1 aliphatic heterocycles. The van der Waals surface area contributed by atoms with Crippen LogP contribution in [0.2, 0.25) is 0 Å². The summed E-state index contributed by atoms with van der Waals surface area (Å²) in [5.41, 5.74) is 2.84. The molecule has 0 atom stereocenters. The molecule has 1 N–H and O–H groups in total. The van der Waals surface area contributed by atoms with Gasteiger partial charge in [0, 0.05) is 31.8 Å². The van der Waals surface area contributed by atoms with Crippen molar-refractivity contribution >= 4 is 29.2 Å². The van der Waals surface area contributed by atoms with Crippen molar-refractivity contribution in [1.29, 1.82) is 0 Å². The molecule has 0 bridgehead atoms. The maximum absolute atomic E-state index is 12.6. The summed E-state index contributed by atoms with van der Waals surface area (Å²) < 4.78 is 5.09. The van der Waals surface area contributed by atoms with Gasteiger partial charge in [-0.1, -0.05) is 12.1 Å². The highest BCUT2D eigenvalue weighted by atomic mass is 16.5. The maximum Gasteiger partial charge on any atom is 0.308 e. The van der Waals surface area contributed by atoms with Crippen molar-refractivity contribution in [1.82, 2.24) is 0 Å². The fraction of sp³-hybridized carbons (Fsp3) is 0.250. The highest BCUT2D eigenvalue weighted by Crippen LogP contribution is 2.30. The van der Waals surface area contributed by atoms with E-state index in [0.29, 0.717) is 12.2 Å². The van der Waals surface area contributed by atoms with Gasteiger partial charge >= 0.3 is 5.97 Å². The Morgan fingerprint density at radius 3 is 2.58 bits per heavy atom. The van der Waals surface area contributed by atoms with Gasteiger partial charge in [0.2, 0.25) is 5.91 Å². The van der Waals surface area contributed by atoms with E-state index >= 15 is 0 Å². The van der Waals surface area contributed by atoms with Crippen molar-refractivity contribution in [2.75, 3.05) is 16.8 Å². The Balaban J connectivity index is 1.83. The first-order valence-electron chi connectivity index (χ1n) is 8.45. The number of amides is 2. The smallest absolute Gasteiger partial charge is 0.308 e. The van der Waals surface area contributed by atoms with Crippen LogP contribution >= 0.6 is 0 Å². The highest BCUT2D eigenvalue weighted by molar-refractivity contribution is 6.06. The molecule has 0 aromatic heterocycles. The molecule has 0 saturated heterocycles. The minimum absolute atomic E-state index is 0.0121. The zero-order valence-electron chi connectivity index (χ0n) is 14.7. The Morgan fingerprint density at radius 2 is 1.85 bits per heavy atom. The molecule has 6 heteroatoms. The van der Waals surface area contributed by atoms with Crippen LogP contribution in [0.15, 0.2) is 42.5 Å². The Morgan fingerprint density at radius 1 is 1.08 bits per heavy atom. The van der Waals surface area contributed by atoms with E-state index in [-0.39, 0.29) is 23.1 Å². The van der Waals surface area contributed by atoms with Gasteiger partial charge in [0.25, 0.3) is 5.91 Å². The number of hydrogen-bond donors (Lipinski definition) is 1. The van der Waals surface area contributed by atoms with Gasteiger partial charge in [-0.05, 0) is 48.7 Å². The van der Waals surface area contributed by atoms with Gasteiger partial charge < -0.3 is 15.0 Å². The zero-order valence-corrected chi connectivity index (χ0v) is 14.7. The van der Waals surface area contributed by atoms with Gasteiger partial charge in [-0.25, -0.2) is 0 Å². The summed E-state index contributed by atoms with van der Waals surface area (Å²) in [5, 5.41) is 2.83. The number of nitrogens with one attached hydrogen (secondary N) is 1. The van der Waals surface area contributed by atoms with E-state index in [1.54, 1.807) is 42.2 Å². The van der Waals surface area contributed by atoms with E-state index < -0.39 is 5.97 Å². The molecule has 1 aliphatic rings. The molecule has 3 rings (SSSR count). The molecule has 6 nitrogen and oxygen atoms in total. The first-order chi connectivity index (χ1) is 12.5. The molecule has 0 spiro atoms. The molecule has 134 valence electrons. The average Bonchev–Trinajstić information content (AvgIpc) is 2.60. The summed E-state index contributed by atoms with van der Waals surface area (Å²) in [7, 11) is 0. The Kier molecular flexibility index (Phi) is 5.02. The minimum atomic E-state index is -0.483. The van der Waals surface area contributed by atoms with Crippen LogP contribution in [-0.4, -0.2) is 24.3 Å². The number of ether oxygens (including phenoxy) is 1. The predicted molar refractivity (Wildman–Crippen MR) is 98.5 cm³/mol. The second-order valence-electron chi connectivity index (χ2n) is 6.16. The van der Waals surface area contributed by atoms with Gasteiger partial charge in [0.05, 0.1) is 5.56 Å². The lowest BCUT2D eigenvalue weighted by atomic mass is 10.0. The number of anilines is 2. The van der Waals surface area contributed by atoms with E-state index in [4.69, 9.17) is 4.74 Å². The number of benzene rings is 2. The second kappa shape index (κ2) is 7.39. The van der Waals surface area contributed by atoms with Gasteiger partial charge in [0.1, 0.15) is 5.75 Å². The maximum atomic E-state index is 12.6. The molecular formula is C20H20N2O4. The number of carbonyl (C=O) groups is 3. The second-order valence-corrected chi connectivity index (χ2v) is 6.16. The van der Waals surface area contributed by atoms with Crippen LogP contribution in [-0.2, 0) is 16.0 Å². The van der Waals surface area contributed by atoms with E-state index in [1.165, 1.54) is 6.92 Å². The third-order valence-corrected chi connectivity index (χ3v) is 4.22. The highest BCUT2D eigenvalue weighted by Gasteiger charge is 2.21. The summed E-state index contributed by atoms with van der Waals surface area (Å²) >= 11 is 0. The first kappa shape index (κ1) is 17.7. The number of nitrogens with zero attached hydrogens (tertiary/aromatic N) is 1. The van der Waals surface area contributed by atoms with Crippen LogP contribution in [0, 0.1) is 0 Å². The van der Waals surface area contributed by atoms with Crippen molar-refractivity contribution < 1.29 is 19.1 Å². The number of rotatable bonds is 3. The van der Waals surface area contributed by atoms with Crippen molar-refractivity contribution in [2.24, 2.45) is 0 Å². The van der Waals surface area contributed by atoms with Crippen LogP contribution in [0.4, 0.5) is 11.4 Å². The third kappa shape index (κ3) is 3.74. The normalized spacial score (nSPS) is 12.9. The largest absolute Gasteiger partial charge is 0.426 e. The number of aryl methyl sites for hydroxylation is 1. The van der Waals surface area contributed by atoms with Gasteiger partial charge in [-0.3, -0.25) is 14.4 Å². The summed E-state index contributed by atoms with van der Waals surface area (Å²) in [4.78, 5) is 37.3. The number of hydrogen-bond acceptors (Lipinski definition) is 4. The van der Waals surface area contributed by atoms with Gasteiger partial charge in [0.15, 0.2) is 0 Å². The van der Waals surface area contributed by atoms with Crippen molar-refractivity contribution in [3.63, 3.8) is 0 Å². The first-order valence-corrected chi connectivity index (χ1v) is 8.45. The topological polar surface area (TPSA) is 75.7 Å². The number of para-hydroxylation sites is 1. The van der Waals surface area contributed by atoms with Crippen LogP contribution in [0.25, 0.3) is 0 Å². The Labute approximate surface area is 151 Å². The average molecular weight is 352 g/mol. The fourth-order valence-electron chi connectivity index (χ4n) is 3.10. The van der Waals surface area contributed by atoms with Crippen molar-refractivity contribution in [2.45, 2.75) is 26.7 Å². The Hall–Kier alpha value is -3.15. The number of carbonyl (C=O) groups excluding carboxylic acids is 3. The third-order valence-electron chi connectivity index (χ3n) is 4.22. The van der Waals surface area contributed by atoms with Gasteiger partial charge in [-0.15, -0.1) is 0 Å². The lowest BCUT2D eigenvalue weighted by molar-refractivity contribution is -0.131. The molecule has 0 unspecified atom stereocenters. The molecule has 0 aliphatic carbocycles. The quantitative estimate of drug-likeness (QED) is 0.680.